The molecule has 0 aliphatic carbocycles. The zero-order valence-corrected chi connectivity index (χ0v) is 21.5. The van der Waals surface area contributed by atoms with Gasteiger partial charge in [0.25, 0.3) is 0 Å². The van der Waals surface area contributed by atoms with Gasteiger partial charge in [-0.2, -0.15) is 0 Å². The Morgan fingerprint density at radius 3 is 1.32 bits per heavy atom. The fraction of sp³-hybridized carbons (Fsp3) is 0.788. The normalized spacial score (nSPS) is 12.2. The lowest BCUT2D eigenvalue weighted by Crippen LogP contribution is -2.26. The maximum atomic E-state index is 10.8. The number of imide groups is 1. The molecule has 1 fully saturated rings. The summed E-state index contributed by atoms with van der Waals surface area (Å²) in [7, 11) is 3.01. The van der Waals surface area contributed by atoms with Crippen molar-refractivity contribution in [1.82, 2.24) is 10.2 Å². The number of Topliss-reactive ketones (excluding diaryl/α,β-unsaturated/α-hetero) is 2. The van der Waals surface area contributed by atoms with E-state index in [0.717, 1.165) is 0 Å². The summed E-state index contributed by atoms with van der Waals surface area (Å²) in [6.45, 7) is 10.0. The molecule has 3 amide bonds. The van der Waals surface area contributed by atoms with Crippen LogP contribution in [0.15, 0.2) is 0 Å². The molecule has 44 heavy (non-hydrogen) atoms. The minimum absolute atomic E-state index is 0. The number of aliphatic carboxylic acids is 2. The van der Waals surface area contributed by atoms with Gasteiger partial charge in [-0.1, -0.05) is 109 Å². The maximum absolute atomic E-state index is 10.8. The third kappa shape index (κ3) is 45.9. The molecule has 3 unspecified atom stereocenters. The van der Waals surface area contributed by atoms with Crippen LogP contribution in [0.5, 0.6) is 0 Å². The van der Waals surface area contributed by atoms with Crippen LogP contribution in [0, 0.1) is 17.8 Å². The summed E-state index contributed by atoms with van der Waals surface area (Å²) in [4.78, 5) is 74.1. The molecule has 0 aromatic rings. The Bertz CT molecular complexity index is 724. The van der Waals surface area contributed by atoms with Gasteiger partial charge in [-0.05, 0) is 6.92 Å². The first kappa shape index (κ1) is 83.6. The molecule has 11 heteroatoms. The Hall–Kier alpha value is -3.11. The third-order valence-electron chi connectivity index (χ3n) is 4.63. The van der Waals surface area contributed by atoms with E-state index in [1.165, 1.54) is 25.9 Å². The number of nitrogens with one attached hydrogen (secondary N) is 1. The average molecular weight is 649 g/mol. The number of carbonyl (C=O) groups excluding carboxylic acids is 5. The number of hydrogen-bond donors (Lipinski definition) is 3. The number of carboxylic acids is 2. The van der Waals surface area contributed by atoms with E-state index in [9.17, 15) is 33.6 Å². The zero-order chi connectivity index (χ0) is 27.6. The molecule has 1 rings (SSSR count). The molecule has 0 bridgehead atoms. The quantitative estimate of drug-likeness (QED) is 0.219. The highest BCUT2D eigenvalue weighted by atomic mass is 16.4. The van der Waals surface area contributed by atoms with Crippen LogP contribution in [-0.2, 0) is 33.6 Å². The molecule has 0 spiro atoms. The standard InChI is InChI=1S/C7H12O3.C6H11NO3.C6H9NO2.C4H8O.10CH4/c1-3-6(8)4-5(2)7(9)10;1-4(3-5(8)9)6(10)7-2;1-4-3-5(8)7(2)6(4)9;1-3-4(2)5;;;;;;;;;;/h5H,3-4H2,1-2H3,(H,9,10);4H,3H2,1-2H3,(H,7,10)(H,8,9);4H,3H2,1-2H3;3H2,1-2H3;10*1H4. The Labute approximate surface area is 275 Å². The molecular formula is C33H80N2O9. The van der Waals surface area contributed by atoms with Gasteiger partial charge in [-0.15, -0.1) is 0 Å². The average Bonchev–Trinajstić information content (AvgIpc) is 2.98. The number of amides is 3. The van der Waals surface area contributed by atoms with Crippen molar-refractivity contribution in [2.45, 2.75) is 148 Å². The lowest BCUT2D eigenvalue weighted by molar-refractivity contribution is -0.143. The van der Waals surface area contributed by atoms with E-state index in [0.29, 0.717) is 19.3 Å². The molecule has 0 aromatic heterocycles. The van der Waals surface area contributed by atoms with E-state index in [4.69, 9.17) is 10.2 Å². The van der Waals surface area contributed by atoms with Crippen LogP contribution in [0.3, 0.4) is 0 Å². The van der Waals surface area contributed by atoms with Crippen LogP contribution in [-0.4, -0.2) is 70.4 Å². The van der Waals surface area contributed by atoms with Crippen LogP contribution in [0.1, 0.15) is 148 Å². The van der Waals surface area contributed by atoms with Crippen LogP contribution >= 0.6 is 0 Å². The molecule has 11 nitrogen and oxygen atoms in total. The lowest BCUT2D eigenvalue weighted by Gasteiger charge is -2.04. The lowest BCUT2D eigenvalue weighted by atomic mass is 10.0. The van der Waals surface area contributed by atoms with Gasteiger partial charge < -0.3 is 20.3 Å². The summed E-state index contributed by atoms with van der Waals surface area (Å²) in [5.74, 6) is -3.01. The second-order valence-corrected chi connectivity index (χ2v) is 7.90. The predicted octanol–water partition coefficient (Wildman–Crippen LogP) is 8.28. The molecule has 0 saturated carbocycles. The number of hydrogen-bond acceptors (Lipinski definition) is 7. The van der Waals surface area contributed by atoms with Crippen LogP contribution < -0.4 is 5.32 Å². The van der Waals surface area contributed by atoms with Gasteiger partial charge in [0.2, 0.25) is 17.7 Å². The Kier molecular flexibility index (Phi) is 89.0. The molecule has 3 N–H and O–H groups in total. The second-order valence-electron chi connectivity index (χ2n) is 7.90. The van der Waals surface area contributed by atoms with E-state index in [2.05, 4.69) is 5.32 Å². The molecule has 276 valence electrons. The summed E-state index contributed by atoms with van der Waals surface area (Å²) >= 11 is 0. The number of carbonyl (C=O) groups is 7. The smallest absolute Gasteiger partial charge is 0.306 e. The van der Waals surface area contributed by atoms with Crippen molar-refractivity contribution in [3.8, 4) is 0 Å². The summed E-state index contributed by atoms with van der Waals surface area (Å²) in [6, 6.07) is 0. The second kappa shape index (κ2) is 46.8. The largest absolute Gasteiger partial charge is 0.481 e. The summed E-state index contributed by atoms with van der Waals surface area (Å²) < 4.78 is 0. The number of nitrogens with zero attached hydrogens (tertiary/aromatic N) is 1. The van der Waals surface area contributed by atoms with Gasteiger partial charge in [0.05, 0.1) is 12.3 Å². The van der Waals surface area contributed by atoms with Gasteiger partial charge in [0, 0.05) is 51.6 Å². The molecule has 0 radical (unpaired) electrons. The highest BCUT2D eigenvalue weighted by Crippen LogP contribution is 2.15. The molecule has 1 aliphatic heterocycles. The maximum Gasteiger partial charge on any atom is 0.306 e. The molecule has 1 aliphatic rings. The van der Waals surface area contributed by atoms with E-state index < -0.39 is 23.8 Å². The summed E-state index contributed by atoms with van der Waals surface area (Å²) in [5, 5.41) is 19.0. The van der Waals surface area contributed by atoms with Gasteiger partial charge >= 0.3 is 11.9 Å². The van der Waals surface area contributed by atoms with Crippen molar-refractivity contribution in [3.63, 3.8) is 0 Å². The van der Waals surface area contributed by atoms with Crippen molar-refractivity contribution in [1.29, 1.82) is 0 Å². The van der Waals surface area contributed by atoms with Gasteiger partial charge in [-0.25, -0.2) is 0 Å². The van der Waals surface area contributed by atoms with E-state index in [1.54, 1.807) is 27.7 Å². The SMILES string of the molecule is C.C.C.C.C.C.C.C.C.C.CC1CC(=O)N(C)C1=O.CCC(=O)CC(C)C(=O)O.CCC(C)=O.CNC(=O)C(C)CC(=O)O. The zero-order valence-electron chi connectivity index (χ0n) is 21.5. The number of ketones is 2. The fourth-order valence-corrected chi connectivity index (χ4v) is 2.11. The first-order valence-corrected chi connectivity index (χ1v) is 11.0. The summed E-state index contributed by atoms with van der Waals surface area (Å²) in [5.41, 5.74) is 0. The van der Waals surface area contributed by atoms with E-state index in [-0.39, 0.29) is 122 Å². The highest BCUT2D eigenvalue weighted by Gasteiger charge is 2.32. The first-order chi connectivity index (χ1) is 15.5. The van der Waals surface area contributed by atoms with E-state index >= 15 is 0 Å². The van der Waals surface area contributed by atoms with Crippen molar-refractivity contribution in [2.75, 3.05) is 14.1 Å². The van der Waals surface area contributed by atoms with Crippen molar-refractivity contribution < 1.29 is 43.8 Å². The molecule has 1 saturated heterocycles. The Morgan fingerprint density at radius 2 is 1.16 bits per heavy atom. The minimum Gasteiger partial charge on any atom is -0.481 e. The van der Waals surface area contributed by atoms with Crippen molar-refractivity contribution >= 4 is 41.2 Å². The topological polar surface area (TPSA) is 175 Å². The van der Waals surface area contributed by atoms with Crippen LogP contribution in [0.25, 0.3) is 0 Å². The molecular weight excluding hydrogens is 568 g/mol. The minimum atomic E-state index is -0.948. The van der Waals surface area contributed by atoms with E-state index in [1.807, 2.05) is 6.92 Å². The summed E-state index contributed by atoms with van der Waals surface area (Å²) in [6.07, 6.45) is 1.53. The van der Waals surface area contributed by atoms with Crippen LogP contribution in [0.2, 0.25) is 0 Å². The predicted molar refractivity (Wildman–Crippen MR) is 192 cm³/mol. The van der Waals surface area contributed by atoms with Gasteiger partial charge in [0.1, 0.15) is 11.6 Å². The Balaban J connectivity index is -0.0000000251. The van der Waals surface area contributed by atoms with Crippen molar-refractivity contribution in [2.24, 2.45) is 17.8 Å². The fourth-order valence-electron chi connectivity index (χ4n) is 2.11. The molecule has 1 heterocycles. The number of rotatable bonds is 8. The van der Waals surface area contributed by atoms with Gasteiger partial charge in [-0.3, -0.25) is 33.7 Å². The first-order valence-electron chi connectivity index (χ1n) is 11.0. The van der Waals surface area contributed by atoms with Gasteiger partial charge in [0.15, 0.2) is 0 Å². The molecule has 0 aromatic carbocycles. The molecule has 3 atom stereocenters. The third-order valence-corrected chi connectivity index (χ3v) is 4.63. The Morgan fingerprint density at radius 1 is 0.795 bits per heavy atom. The monoisotopic (exact) mass is 649 g/mol. The number of carboxylic acid groups (broad SMARTS) is 2. The highest BCUT2D eigenvalue weighted by molar-refractivity contribution is 6.02. The van der Waals surface area contributed by atoms with Crippen molar-refractivity contribution in [3.05, 3.63) is 0 Å². The van der Waals surface area contributed by atoms with Crippen LogP contribution in [0.4, 0.5) is 0 Å². The number of likely N-dealkylation sites (tertiary alicyclic amines) is 1.